The standard InChI is InChI=1S/C15H15FO/c1-11-8-9-15(16,14(17)12(11)2)10-13-6-4-3-5-7-13/h3-7H,1-2,8-10H2. The Balaban J connectivity index is 2.22. The maximum Gasteiger partial charge on any atom is 0.199 e. The summed E-state index contributed by atoms with van der Waals surface area (Å²) in [7, 11) is 0. The van der Waals surface area contributed by atoms with Crippen molar-refractivity contribution >= 4 is 5.78 Å². The van der Waals surface area contributed by atoms with Crippen LogP contribution in [-0.2, 0) is 11.2 Å². The van der Waals surface area contributed by atoms with Gasteiger partial charge in [-0.3, -0.25) is 4.79 Å². The van der Waals surface area contributed by atoms with Gasteiger partial charge in [0.25, 0.3) is 0 Å². The second-order valence-corrected chi connectivity index (χ2v) is 4.54. The monoisotopic (exact) mass is 230 g/mol. The molecule has 0 spiro atoms. The van der Waals surface area contributed by atoms with Crippen LogP contribution in [0.4, 0.5) is 4.39 Å². The van der Waals surface area contributed by atoms with Crippen molar-refractivity contribution in [3.05, 3.63) is 60.2 Å². The lowest BCUT2D eigenvalue weighted by atomic mass is 9.77. The smallest absolute Gasteiger partial charge is 0.199 e. The highest BCUT2D eigenvalue weighted by molar-refractivity contribution is 6.06. The predicted octanol–water partition coefficient (Wildman–Crippen LogP) is 3.41. The SMILES string of the molecule is C=C1CCC(F)(Cc2ccccc2)C(=O)C1=C. The minimum Gasteiger partial charge on any atom is -0.291 e. The second kappa shape index (κ2) is 4.28. The molecule has 2 rings (SSSR count). The Kier molecular flexibility index (Phi) is 2.97. The Morgan fingerprint density at radius 1 is 1.24 bits per heavy atom. The van der Waals surface area contributed by atoms with E-state index in [0.29, 0.717) is 12.0 Å². The van der Waals surface area contributed by atoms with E-state index in [-0.39, 0.29) is 18.4 Å². The largest absolute Gasteiger partial charge is 0.291 e. The van der Waals surface area contributed by atoms with Crippen LogP contribution in [0, 0.1) is 0 Å². The Hall–Kier alpha value is -1.70. The average Bonchev–Trinajstić information content (AvgIpc) is 2.34. The number of rotatable bonds is 2. The van der Waals surface area contributed by atoms with Crippen LogP contribution in [0.1, 0.15) is 18.4 Å². The third kappa shape index (κ3) is 2.21. The number of carbonyl (C=O) groups is 1. The van der Waals surface area contributed by atoms with Crippen LogP contribution < -0.4 is 0 Å². The number of ketones is 1. The van der Waals surface area contributed by atoms with Crippen molar-refractivity contribution < 1.29 is 9.18 Å². The molecule has 2 heteroatoms. The summed E-state index contributed by atoms with van der Waals surface area (Å²) in [6.07, 6.45) is 0.839. The van der Waals surface area contributed by atoms with Gasteiger partial charge in [0.05, 0.1) is 0 Å². The number of carbonyl (C=O) groups excluding carboxylic acids is 1. The molecule has 1 unspecified atom stereocenters. The zero-order chi connectivity index (χ0) is 12.5. The average molecular weight is 230 g/mol. The first kappa shape index (κ1) is 11.8. The molecule has 1 nitrogen and oxygen atoms in total. The zero-order valence-electron chi connectivity index (χ0n) is 9.71. The van der Waals surface area contributed by atoms with Gasteiger partial charge in [-0.25, -0.2) is 4.39 Å². The van der Waals surface area contributed by atoms with Gasteiger partial charge in [0.1, 0.15) is 0 Å². The number of allylic oxidation sites excluding steroid dienone is 2. The van der Waals surface area contributed by atoms with Gasteiger partial charge in [0, 0.05) is 12.0 Å². The maximum atomic E-state index is 14.6. The molecular weight excluding hydrogens is 215 g/mol. The number of benzene rings is 1. The number of alkyl halides is 1. The summed E-state index contributed by atoms with van der Waals surface area (Å²) in [4.78, 5) is 11.9. The molecule has 1 aliphatic carbocycles. The first-order valence-corrected chi connectivity index (χ1v) is 5.68. The van der Waals surface area contributed by atoms with Crippen molar-refractivity contribution in [1.82, 2.24) is 0 Å². The first-order valence-electron chi connectivity index (χ1n) is 5.68. The van der Waals surface area contributed by atoms with Crippen molar-refractivity contribution in [2.24, 2.45) is 0 Å². The van der Waals surface area contributed by atoms with Crippen LogP contribution in [0.3, 0.4) is 0 Å². The summed E-state index contributed by atoms with van der Waals surface area (Å²) in [5, 5.41) is 0. The van der Waals surface area contributed by atoms with E-state index >= 15 is 0 Å². The van der Waals surface area contributed by atoms with Gasteiger partial charge in [0.2, 0.25) is 0 Å². The third-order valence-corrected chi connectivity index (χ3v) is 3.26. The lowest BCUT2D eigenvalue weighted by molar-refractivity contribution is -0.127. The fourth-order valence-electron chi connectivity index (χ4n) is 2.13. The molecule has 0 aliphatic heterocycles. The van der Waals surface area contributed by atoms with Gasteiger partial charge < -0.3 is 0 Å². The molecule has 0 bridgehead atoms. The van der Waals surface area contributed by atoms with E-state index in [9.17, 15) is 9.18 Å². The molecule has 0 amide bonds. The van der Waals surface area contributed by atoms with Crippen LogP contribution in [0.2, 0.25) is 0 Å². The summed E-state index contributed by atoms with van der Waals surface area (Å²) < 4.78 is 14.6. The van der Waals surface area contributed by atoms with E-state index in [1.807, 2.05) is 30.3 Å². The molecular formula is C15H15FO. The minimum absolute atomic E-state index is 0.124. The lowest BCUT2D eigenvalue weighted by Gasteiger charge is -2.30. The predicted molar refractivity (Wildman–Crippen MR) is 66.5 cm³/mol. The van der Waals surface area contributed by atoms with E-state index in [2.05, 4.69) is 13.2 Å². The summed E-state index contributed by atoms with van der Waals surface area (Å²) in [6, 6.07) is 9.24. The van der Waals surface area contributed by atoms with Crippen LogP contribution >= 0.6 is 0 Å². The number of hydrogen-bond acceptors (Lipinski definition) is 1. The van der Waals surface area contributed by atoms with Crippen molar-refractivity contribution in [2.75, 3.05) is 0 Å². The Morgan fingerprint density at radius 2 is 1.88 bits per heavy atom. The van der Waals surface area contributed by atoms with Crippen molar-refractivity contribution in [2.45, 2.75) is 24.9 Å². The normalized spacial score (nSPS) is 25.1. The highest BCUT2D eigenvalue weighted by atomic mass is 19.1. The van der Waals surface area contributed by atoms with E-state index in [1.54, 1.807) is 0 Å². The summed E-state index contributed by atoms with van der Waals surface area (Å²) in [6.45, 7) is 7.36. The molecule has 1 aliphatic rings. The molecule has 0 saturated heterocycles. The summed E-state index contributed by atoms with van der Waals surface area (Å²) in [5.74, 6) is -0.502. The Bertz CT molecular complexity index is 475. The molecule has 1 saturated carbocycles. The van der Waals surface area contributed by atoms with Gasteiger partial charge in [-0.2, -0.15) is 0 Å². The van der Waals surface area contributed by atoms with E-state index in [1.165, 1.54) is 0 Å². The second-order valence-electron chi connectivity index (χ2n) is 4.54. The van der Waals surface area contributed by atoms with Crippen molar-refractivity contribution in [3.8, 4) is 0 Å². The van der Waals surface area contributed by atoms with Crippen LogP contribution in [-0.4, -0.2) is 11.5 Å². The quantitative estimate of drug-likeness (QED) is 0.711. The molecule has 88 valence electrons. The molecule has 1 aromatic carbocycles. The molecule has 0 heterocycles. The summed E-state index contributed by atoms with van der Waals surface area (Å²) >= 11 is 0. The summed E-state index contributed by atoms with van der Waals surface area (Å²) in [5.41, 5.74) is -0.0609. The van der Waals surface area contributed by atoms with Gasteiger partial charge in [-0.05, 0) is 24.0 Å². The highest BCUT2D eigenvalue weighted by Gasteiger charge is 2.43. The molecule has 1 atom stereocenters. The van der Waals surface area contributed by atoms with Gasteiger partial charge >= 0.3 is 0 Å². The maximum absolute atomic E-state index is 14.6. The van der Waals surface area contributed by atoms with Gasteiger partial charge in [0.15, 0.2) is 11.5 Å². The molecule has 1 fully saturated rings. The fraction of sp³-hybridized carbons (Fsp3) is 0.267. The third-order valence-electron chi connectivity index (χ3n) is 3.26. The number of hydrogen-bond donors (Lipinski definition) is 0. The van der Waals surface area contributed by atoms with Crippen LogP contribution in [0.5, 0.6) is 0 Å². The minimum atomic E-state index is -1.81. The number of Topliss-reactive ketones (excluding diaryl/α,β-unsaturated/α-hetero) is 1. The Morgan fingerprint density at radius 3 is 2.53 bits per heavy atom. The van der Waals surface area contributed by atoms with Gasteiger partial charge in [-0.1, -0.05) is 43.5 Å². The lowest BCUT2D eigenvalue weighted by Crippen LogP contribution is -2.40. The van der Waals surface area contributed by atoms with E-state index in [0.717, 1.165) is 5.56 Å². The first-order chi connectivity index (χ1) is 8.03. The topological polar surface area (TPSA) is 17.1 Å². The van der Waals surface area contributed by atoms with Gasteiger partial charge in [-0.15, -0.1) is 0 Å². The Labute approximate surface area is 101 Å². The van der Waals surface area contributed by atoms with E-state index < -0.39 is 11.5 Å². The molecule has 1 aromatic rings. The fourth-order valence-corrected chi connectivity index (χ4v) is 2.13. The van der Waals surface area contributed by atoms with Crippen molar-refractivity contribution in [3.63, 3.8) is 0 Å². The van der Waals surface area contributed by atoms with E-state index in [4.69, 9.17) is 0 Å². The highest BCUT2D eigenvalue weighted by Crippen LogP contribution is 2.36. The number of halogens is 1. The van der Waals surface area contributed by atoms with Crippen LogP contribution in [0.25, 0.3) is 0 Å². The molecule has 0 radical (unpaired) electrons. The zero-order valence-corrected chi connectivity index (χ0v) is 9.71. The molecule has 17 heavy (non-hydrogen) atoms. The van der Waals surface area contributed by atoms with Crippen molar-refractivity contribution in [1.29, 1.82) is 0 Å². The van der Waals surface area contributed by atoms with Crippen LogP contribution in [0.15, 0.2) is 54.6 Å². The molecule has 0 N–H and O–H groups in total. The molecule has 0 aromatic heterocycles.